The van der Waals surface area contributed by atoms with Crippen LogP contribution in [0.5, 0.6) is 5.75 Å². The van der Waals surface area contributed by atoms with Crippen molar-refractivity contribution in [3.8, 4) is 16.2 Å². The van der Waals surface area contributed by atoms with Crippen molar-refractivity contribution in [2.24, 2.45) is 0 Å². The number of aromatic nitrogens is 2. The summed E-state index contributed by atoms with van der Waals surface area (Å²) in [5, 5.41) is 2.55. The molecule has 1 atom stereocenters. The molecular formula is C24H20N4O4S. The van der Waals surface area contributed by atoms with Crippen LogP contribution in [0.15, 0.2) is 71.8 Å². The molecule has 1 aliphatic heterocycles. The van der Waals surface area contributed by atoms with E-state index in [0.717, 1.165) is 10.4 Å². The van der Waals surface area contributed by atoms with Crippen molar-refractivity contribution in [3.05, 3.63) is 77.3 Å². The largest absolute Gasteiger partial charge is 0.477 e. The summed E-state index contributed by atoms with van der Waals surface area (Å²) in [4.78, 5) is 45.4. The summed E-state index contributed by atoms with van der Waals surface area (Å²) in [5.74, 6) is -0.213. The van der Waals surface area contributed by atoms with Gasteiger partial charge in [-0.25, -0.2) is 4.98 Å². The Balaban J connectivity index is 1.46. The monoisotopic (exact) mass is 460 g/mol. The van der Waals surface area contributed by atoms with E-state index in [-0.39, 0.29) is 30.5 Å². The van der Waals surface area contributed by atoms with E-state index in [1.807, 2.05) is 36.4 Å². The molecule has 5 rings (SSSR count). The topological polar surface area (TPSA) is 93.5 Å². The van der Waals surface area contributed by atoms with Gasteiger partial charge in [-0.15, -0.1) is 11.3 Å². The lowest BCUT2D eigenvalue weighted by atomic mass is 10.1. The van der Waals surface area contributed by atoms with Crippen LogP contribution in [0.4, 0.5) is 5.69 Å². The van der Waals surface area contributed by atoms with Crippen LogP contribution in [0.1, 0.15) is 0 Å². The number of hydrogen-bond acceptors (Lipinski definition) is 6. The third-order valence-corrected chi connectivity index (χ3v) is 6.64. The highest BCUT2D eigenvalue weighted by Crippen LogP contribution is 2.33. The van der Waals surface area contributed by atoms with E-state index in [1.165, 1.54) is 34.2 Å². The summed E-state index contributed by atoms with van der Waals surface area (Å²) < 4.78 is 7.56. The van der Waals surface area contributed by atoms with Gasteiger partial charge in [0.2, 0.25) is 5.91 Å². The Hall–Kier alpha value is -3.98. The molecule has 8 nitrogen and oxygen atoms in total. The van der Waals surface area contributed by atoms with E-state index in [9.17, 15) is 14.4 Å². The number of carbonyl (C=O) groups is 2. The molecule has 1 aliphatic rings. The number of thiophene rings is 1. The molecule has 166 valence electrons. The predicted octanol–water partition coefficient (Wildman–Crippen LogP) is 2.67. The zero-order valence-corrected chi connectivity index (χ0v) is 18.5. The molecule has 4 aromatic rings. The molecule has 0 bridgehead atoms. The number of amides is 2. The predicted molar refractivity (Wildman–Crippen MR) is 127 cm³/mol. The quantitative estimate of drug-likeness (QED) is 0.505. The zero-order chi connectivity index (χ0) is 22.9. The Bertz CT molecular complexity index is 1410. The third-order valence-electron chi connectivity index (χ3n) is 5.48. The van der Waals surface area contributed by atoms with Gasteiger partial charge in [0.25, 0.3) is 11.5 Å². The summed E-state index contributed by atoms with van der Waals surface area (Å²) in [6.07, 6.45) is 0.559. The Morgan fingerprint density at radius 2 is 1.91 bits per heavy atom. The molecule has 9 heteroatoms. The fourth-order valence-electron chi connectivity index (χ4n) is 3.80. The molecule has 0 fully saturated rings. The van der Waals surface area contributed by atoms with E-state index in [2.05, 4.69) is 10.3 Å². The first-order valence-electron chi connectivity index (χ1n) is 10.4. The van der Waals surface area contributed by atoms with E-state index in [0.29, 0.717) is 21.7 Å². The Morgan fingerprint density at radius 1 is 1.15 bits per heavy atom. The van der Waals surface area contributed by atoms with Crippen LogP contribution in [0.2, 0.25) is 0 Å². The van der Waals surface area contributed by atoms with Crippen LogP contribution >= 0.6 is 11.3 Å². The van der Waals surface area contributed by atoms with Crippen LogP contribution in [-0.4, -0.2) is 41.1 Å². The van der Waals surface area contributed by atoms with Crippen molar-refractivity contribution < 1.29 is 14.3 Å². The number of para-hydroxylation sites is 2. The molecule has 33 heavy (non-hydrogen) atoms. The summed E-state index contributed by atoms with van der Waals surface area (Å²) in [7, 11) is 1.52. The number of hydrogen-bond donors (Lipinski definition) is 1. The first-order chi connectivity index (χ1) is 16.0. The fraction of sp³-hybridized carbons (Fsp3) is 0.167. The Labute approximate surface area is 193 Å². The van der Waals surface area contributed by atoms with Crippen LogP contribution in [0.3, 0.4) is 0 Å². The van der Waals surface area contributed by atoms with E-state index in [4.69, 9.17) is 4.74 Å². The van der Waals surface area contributed by atoms with Crippen molar-refractivity contribution in [1.82, 2.24) is 14.9 Å². The van der Waals surface area contributed by atoms with Crippen LogP contribution in [-0.2, 0) is 16.1 Å². The van der Waals surface area contributed by atoms with Gasteiger partial charge < -0.3 is 15.0 Å². The number of carbonyl (C=O) groups excluding carboxylic acids is 2. The number of ether oxygens (including phenoxy) is 1. The van der Waals surface area contributed by atoms with Crippen LogP contribution in [0, 0.1) is 0 Å². The minimum Gasteiger partial charge on any atom is -0.477 e. The van der Waals surface area contributed by atoms with Crippen molar-refractivity contribution in [2.75, 3.05) is 18.5 Å². The minimum absolute atomic E-state index is 0.0527. The molecule has 0 radical (unpaired) electrons. The molecule has 0 spiro atoms. The second kappa shape index (κ2) is 8.51. The summed E-state index contributed by atoms with van der Waals surface area (Å²) in [6, 6.07) is 18.7. The lowest BCUT2D eigenvalue weighted by Gasteiger charge is -2.34. The number of nitrogens with zero attached hydrogens (tertiary/aromatic N) is 3. The van der Waals surface area contributed by atoms with E-state index >= 15 is 0 Å². The number of nitrogens with one attached hydrogen (secondary N) is 1. The second-order valence-corrected chi connectivity index (χ2v) is 8.61. The smallest absolute Gasteiger partial charge is 0.271 e. The van der Waals surface area contributed by atoms with Gasteiger partial charge in [-0.3, -0.25) is 19.0 Å². The highest BCUT2D eigenvalue weighted by atomic mass is 32.1. The minimum atomic E-state index is -0.836. The van der Waals surface area contributed by atoms with Gasteiger partial charge in [-0.1, -0.05) is 42.5 Å². The molecule has 2 amide bonds. The highest BCUT2D eigenvalue weighted by Gasteiger charge is 2.33. The number of anilines is 1. The average Bonchev–Trinajstić information content (AvgIpc) is 3.30. The maximum absolute atomic E-state index is 13.3. The zero-order valence-electron chi connectivity index (χ0n) is 17.7. The van der Waals surface area contributed by atoms with Gasteiger partial charge in [-0.2, -0.15) is 0 Å². The molecule has 0 saturated heterocycles. The normalized spacial score (nSPS) is 15.1. The first-order valence-corrected chi connectivity index (χ1v) is 11.2. The van der Waals surface area contributed by atoms with E-state index < -0.39 is 6.10 Å². The van der Waals surface area contributed by atoms with Crippen molar-refractivity contribution in [3.63, 3.8) is 0 Å². The summed E-state index contributed by atoms with van der Waals surface area (Å²) in [5.41, 5.74) is 1.90. The second-order valence-electron chi connectivity index (χ2n) is 7.56. The maximum atomic E-state index is 13.3. The third kappa shape index (κ3) is 3.87. The standard InChI is InChI=1S/C24H20N4O4S/c1-25-23(30)19-12-28(17-9-5-6-10-18(17)32-19)21(29)13-27-14-26-16-11-20(33-22(16)24(27)31)15-7-3-2-4-8-15/h2-11,14,19H,12-13H2,1H3,(H,25,30). The molecule has 3 heterocycles. The van der Waals surface area contributed by atoms with E-state index in [1.54, 1.807) is 24.3 Å². The number of likely N-dealkylation sites (N-methyl/N-ethyl adjacent to an activating group) is 1. The molecule has 0 aliphatic carbocycles. The van der Waals surface area contributed by atoms with Crippen molar-refractivity contribution in [2.45, 2.75) is 12.6 Å². The molecule has 0 saturated carbocycles. The van der Waals surface area contributed by atoms with Gasteiger partial charge in [-0.05, 0) is 23.8 Å². The first kappa shape index (κ1) is 20.9. The lowest BCUT2D eigenvalue weighted by molar-refractivity contribution is -0.128. The van der Waals surface area contributed by atoms with Gasteiger partial charge >= 0.3 is 0 Å². The van der Waals surface area contributed by atoms with Crippen molar-refractivity contribution in [1.29, 1.82) is 0 Å². The molecular weight excluding hydrogens is 440 g/mol. The average molecular weight is 461 g/mol. The Morgan fingerprint density at radius 3 is 2.70 bits per heavy atom. The van der Waals surface area contributed by atoms with Gasteiger partial charge in [0, 0.05) is 11.9 Å². The Kier molecular flexibility index (Phi) is 5.39. The lowest BCUT2D eigenvalue weighted by Crippen LogP contribution is -2.51. The fourth-order valence-corrected chi connectivity index (χ4v) is 4.87. The van der Waals surface area contributed by atoms with Crippen LogP contribution in [0.25, 0.3) is 20.7 Å². The number of benzene rings is 2. The number of fused-ring (bicyclic) bond motifs is 2. The molecule has 2 aromatic carbocycles. The summed E-state index contributed by atoms with van der Waals surface area (Å²) in [6.45, 7) is -0.147. The molecule has 1 unspecified atom stereocenters. The molecule has 2 aromatic heterocycles. The van der Waals surface area contributed by atoms with Crippen LogP contribution < -0.4 is 20.5 Å². The maximum Gasteiger partial charge on any atom is 0.271 e. The molecule has 1 N–H and O–H groups in total. The van der Waals surface area contributed by atoms with Gasteiger partial charge in [0.05, 0.1) is 24.1 Å². The highest BCUT2D eigenvalue weighted by molar-refractivity contribution is 7.22. The van der Waals surface area contributed by atoms with Gasteiger partial charge in [0.15, 0.2) is 6.10 Å². The summed E-state index contributed by atoms with van der Waals surface area (Å²) >= 11 is 1.36. The van der Waals surface area contributed by atoms with Gasteiger partial charge in [0.1, 0.15) is 17.0 Å². The number of rotatable bonds is 4. The van der Waals surface area contributed by atoms with Crippen molar-refractivity contribution >= 4 is 39.1 Å². The SMILES string of the molecule is CNC(=O)C1CN(C(=O)Cn2cnc3cc(-c4ccccc4)sc3c2=O)c2ccccc2O1.